The van der Waals surface area contributed by atoms with Crippen LogP contribution in [0.3, 0.4) is 0 Å². The summed E-state index contributed by atoms with van der Waals surface area (Å²) in [6.07, 6.45) is 3.12. The highest BCUT2D eigenvalue weighted by Crippen LogP contribution is 2.19. The Morgan fingerprint density at radius 2 is 1.76 bits per heavy atom. The van der Waals surface area contributed by atoms with Crippen LogP contribution in [0.25, 0.3) is 6.08 Å². The van der Waals surface area contributed by atoms with Gasteiger partial charge in [-0.15, -0.1) is 0 Å². The van der Waals surface area contributed by atoms with E-state index in [1.807, 2.05) is 32.0 Å². The lowest BCUT2D eigenvalue weighted by Crippen LogP contribution is -2.24. The summed E-state index contributed by atoms with van der Waals surface area (Å²) in [5, 5.41) is 5.40. The van der Waals surface area contributed by atoms with Crippen molar-refractivity contribution < 1.29 is 9.18 Å². The summed E-state index contributed by atoms with van der Waals surface area (Å²) in [5.41, 5.74) is 3.48. The van der Waals surface area contributed by atoms with Crippen LogP contribution in [-0.4, -0.2) is 6.03 Å². The molecule has 0 saturated carbocycles. The smallest absolute Gasteiger partial charge is 0.314 e. The molecule has 0 spiro atoms. The van der Waals surface area contributed by atoms with Crippen molar-refractivity contribution in [3.05, 3.63) is 71.2 Å². The van der Waals surface area contributed by atoms with E-state index < -0.39 is 0 Å². The van der Waals surface area contributed by atoms with Crippen LogP contribution in [0.15, 0.2) is 48.7 Å². The number of aryl methyl sites for hydroxylation is 2. The molecule has 2 amide bonds. The molecule has 0 heterocycles. The van der Waals surface area contributed by atoms with Crippen LogP contribution in [0.2, 0.25) is 0 Å². The van der Waals surface area contributed by atoms with Gasteiger partial charge in [0.25, 0.3) is 0 Å². The third kappa shape index (κ3) is 4.18. The Hall–Kier alpha value is -2.62. The summed E-state index contributed by atoms with van der Waals surface area (Å²) in [6, 6.07) is 11.6. The lowest BCUT2D eigenvalue weighted by Gasteiger charge is -2.10. The van der Waals surface area contributed by atoms with Gasteiger partial charge < -0.3 is 10.6 Å². The maximum Gasteiger partial charge on any atom is 0.323 e. The number of amides is 2. The van der Waals surface area contributed by atoms with Crippen molar-refractivity contribution in [2.75, 3.05) is 5.32 Å². The van der Waals surface area contributed by atoms with Gasteiger partial charge in [-0.05, 0) is 48.7 Å². The molecule has 108 valence electrons. The summed E-state index contributed by atoms with van der Waals surface area (Å²) >= 11 is 0. The van der Waals surface area contributed by atoms with Gasteiger partial charge in [-0.1, -0.05) is 30.3 Å². The largest absolute Gasteiger partial charge is 0.323 e. The van der Waals surface area contributed by atoms with E-state index >= 15 is 0 Å². The van der Waals surface area contributed by atoms with Crippen LogP contribution in [0.4, 0.5) is 14.9 Å². The molecule has 0 aliphatic carbocycles. The molecule has 2 rings (SSSR count). The topological polar surface area (TPSA) is 41.1 Å². The molecule has 21 heavy (non-hydrogen) atoms. The third-order valence-electron chi connectivity index (χ3n) is 3.06. The Morgan fingerprint density at radius 3 is 2.43 bits per heavy atom. The fourth-order valence-electron chi connectivity index (χ4n) is 1.99. The molecule has 0 bridgehead atoms. The number of carbonyl (C=O) groups excluding carboxylic acids is 1. The average molecular weight is 284 g/mol. The normalized spacial score (nSPS) is 10.6. The van der Waals surface area contributed by atoms with Crippen LogP contribution in [0.5, 0.6) is 0 Å². The van der Waals surface area contributed by atoms with Crippen molar-refractivity contribution in [2.45, 2.75) is 13.8 Å². The molecule has 0 unspecified atom stereocenters. The molecule has 0 radical (unpaired) electrons. The van der Waals surface area contributed by atoms with E-state index in [4.69, 9.17) is 0 Å². The van der Waals surface area contributed by atoms with E-state index in [2.05, 4.69) is 10.6 Å². The molecular weight excluding hydrogens is 267 g/mol. The van der Waals surface area contributed by atoms with E-state index in [0.717, 1.165) is 16.8 Å². The summed E-state index contributed by atoms with van der Waals surface area (Å²) in [6.45, 7) is 3.87. The molecular formula is C17H17FN2O. The number of anilines is 1. The molecule has 2 aromatic rings. The quantitative estimate of drug-likeness (QED) is 0.870. The lowest BCUT2D eigenvalue weighted by molar-refractivity contribution is 0.255. The second-order valence-corrected chi connectivity index (χ2v) is 4.75. The van der Waals surface area contributed by atoms with Gasteiger partial charge in [-0.2, -0.15) is 0 Å². The van der Waals surface area contributed by atoms with Crippen molar-refractivity contribution in [3.8, 4) is 0 Å². The molecule has 0 saturated heterocycles. The number of carbonyl (C=O) groups is 1. The predicted molar refractivity (Wildman–Crippen MR) is 83.5 cm³/mol. The third-order valence-corrected chi connectivity index (χ3v) is 3.06. The first-order chi connectivity index (χ1) is 10.1. The predicted octanol–water partition coefficient (Wildman–Crippen LogP) is 4.23. The van der Waals surface area contributed by atoms with Gasteiger partial charge in [0.15, 0.2) is 0 Å². The highest BCUT2D eigenvalue weighted by molar-refractivity contribution is 5.91. The molecule has 0 atom stereocenters. The van der Waals surface area contributed by atoms with Crippen LogP contribution in [-0.2, 0) is 0 Å². The number of benzene rings is 2. The summed E-state index contributed by atoms with van der Waals surface area (Å²) in [4.78, 5) is 11.8. The molecule has 0 aromatic heterocycles. The van der Waals surface area contributed by atoms with Gasteiger partial charge in [-0.3, -0.25) is 0 Å². The second-order valence-electron chi connectivity index (χ2n) is 4.75. The number of hydrogen-bond acceptors (Lipinski definition) is 1. The Kier molecular flexibility index (Phi) is 4.72. The monoisotopic (exact) mass is 284 g/mol. The molecule has 0 aliphatic rings. The number of hydrogen-bond donors (Lipinski definition) is 2. The van der Waals surface area contributed by atoms with Gasteiger partial charge in [0, 0.05) is 11.9 Å². The van der Waals surface area contributed by atoms with E-state index in [1.165, 1.54) is 18.3 Å². The molecule has 0 aliphatic heterocycles. The first kappa shape index (κ1) is 14.8. The minimum absolute atomic E-state index is 0.308. The summed E-state index contributed by atoms with van der Waals surface area (Å²) in [5.74, 6) is -0.308. The van der Waals surface area contributed by atoms with Gasteiger partial charge in [0.1, 0.15) is 5.82 Å². The molecule has 3 nitrogen and oxygen atoms in total. The fraction of sp³-hybridized carbons (Fsp3) is 0.118. The zero-order valence-corrected chi connectivity index (χ0v) is 12.0. The molecule has 0 fully saturated rings. The van der Waals surface area contributed by atoms with E-state index in [1.54, 1.807) is 18.2 Å². The van der Waals surface area contributed by atoms with Gasteiger partial charge in [0.05, 0.1) is 0 Å². The number of nitrogens with one attached hydrogen (secondary N) is 2. The molecule has 4 heteroatoms. The maximum atomic E-state index is 13.0. The van der Waals surface area contributed by atoms with Crippen molar-refractivity contribution in [2.24, 2.45) is 0 Å². The zero-order valence-electron chi connectivity index (χ0n) is 12.0. The van der Waals surface area contributed by atoms with E-state index in [0.29, 0.717) is 5.56 Å². The van der Waals surface area contributed by atoms with Crippen LogP contribution >= 0.6 is 0 Å². The highest BCUT2D eigenvalue weighted by Gasteiger charge is 2.05. The SMILES string of the molecule is Cc1cccc(C)c1NC(=O)N/C=C/c1cccc(F)c1. The zero-order chi connectivity index (χ0) is 15.2. The summed E-state index contributed by atoms with van der Waals surface area (Å²) < 4.78 is 13.0. The Morgan fingerprint density at radius 1 is 1.10 bits per heavy atom. The lowest BCUT2D eigenvalue weighted by atomic mass is 10.1. The van der Waals surface area contributed by atoms with Crippen LogP contribution < -0.4 is 10.6 Å². The van der Waals surface area contributed by atoms with Crippen LogP contribution in [0.1, 0.15) is 16.7 Å². The Balaban J connectivity index is 1.96. The number of halogens is 1. The van der Waals surface area contributed by atoms with E-state index in [-0.39, 0.29) is 11.8 Å². The maximum absolute atomic E-state index is 13.0. The minimum atomic E-state index is -0.333. The fourth-order valence-corrected chi connectivity index (χ4v) is 1.99. The standard InChI is InChI=1S/C17H17FN2O/c1-12-5-3-6-13(2)16(12)20-17(21)19-10-9-14-7-4-8-15(18)11-14/h3-11H,1-2H3,(H2,19,20,21)/b10-9+. The Labute approximate surface area is 123 Å². The minimum Gasteiger partial charge on any atom is -0.314 e. The first-order valence-electron chi connectivity index (χ1n) is 6.62. The Bertz CT molecular complexity index is 660. The molecule has 2 aromatic carbocycles. The average Bonchev–Trinajstić information content (AvgIpc) is 2.43. The van der Waals surface area contributed by atoms with Gasteiger partial charge in [0.2, 0.25) is 0 Å². The van der Waals surface area contributed by atoms with Crippen molar-refractivity contribution in [3.63, 3.8) is 0 Å². The van der Waals surface area contributed by atoms with Crippen molar-refractivity contribution in [1.82, 2.24) is 5.32 Å². The van der Waals surface area contributed by atoms with Gasteiger partial charge >= 0.3 is 6.03 Å². The number of urea groups is 1. The van der Waals surface area contributed by atoms with Crippen molar-refractivity contribution in [1.29, 1.82) is 0 Å². The van der Waals surface area contributed by atoms with Crippen LogP contribution in [0, 0.1) is 19.7 Å². The first-order valence-corrected chi connectivity index (χ1v) is 6.62. The second kappa shape index (κ2) is 6.70. The summed E-state index contributed by atoms with van der Waals surface area (Å²) in [7, 11) is 0. The van der Waals surface area contributed by atoms with Gasteiger partial charge in [-0.25, -0.2) is 9.18 Å². The molecule has 2 N–H and O–H groups in total. The van der Waals surface area contributed by atoms with E-state index in [9.17, 15) is 9.18 Å². The number of para-hydroxylation sites is 1. The number of rotatable bonds is 3. The highest BCUT2D eigenvalue weighted by atomic mass is 19.1. The van der Waals surface area contributed by atoms with Crippen molar-refractivity contribution >= 4 is 17.8 Å².